The molecule has 0 saturated carbocycles. The number of nitrogens with one attached hydrogen (secondary N) is 1. The van der Waals surface area contributed by atoms with E-state index in [0.29, 0.717) is 6.54 Å². The lowest BCUT2D eigenvalue weighted by atomic mass is 9.76. The molecule has 1 fully saturated rings. The first-order valence-corrected chi connectivity index (χ1v) is 7.73. The number of likely N-dealkylation sites (N-methyl/N-ethyl adjacent to an activating group) is 1. The van der Waals surface area contributed by atoms with Gasteiger partial charge in [-0.2, -0.15) is 0 Å². The van der Waals surface area contributed by atoms with E-state index in [9.17, 15) is 0 Å². The van der Waals surface area contributed by atoms with Crippen LogP contribution >= 0.6 is 0 Å². The minimum absolute atomic E-state index is 0.333. The highest BCUT2D eigenvalue weighted by Crippen LogP contribution is 2.38. The number of nitrogens with two attached hydrogens (primary N) is 1. The fraction of sp³-hybridized carbons (Fsp3) is 0.529. The van der Waals surface area contributed by atoms with E-state index in [0.717, 1.165) is 22.3 Å². The predicted molar refractivity (Wildman–Crippen MR) is 93.6 cm³/mol. The summed E-state index contributed by atoms with van der Waals surface area (Å²) < 4.78 is 12.3. The first-order chi connectivity index (χ1) is 10.2. The fourth-order valence-corrected chi connectivity index (χ4v) is 2.46. The number of aryl methyl sites for hydroxylation is 1. The predicted octanol–water partition coefficient (Wildman–Crippen LogP) is 2.81. The van der Waals surface area contributed by atoms with Crippen LogP contribution in [0.5, 0.6) is 0 Å². The molecule has 0 atom stereocenters. The van der Waals surface area contributed by atoms with Crippen molar-refractivity contribution in [3.05, 3.63) is 34.8 Å². The summed E-state index contributed by atoms with van der Waals surface area (Å²) in [4.78, 5) is 0. The summed E-state index contributed by atoms with van der Waals surface area (Å²) in [6, 6.07) is 5.93. The zero-order chi connectivity index (χ0) is 16.5. The van der Waals surface area contributed by atoms with Gasteiger partial charge in [-0.15, -0.1) is 0 Å². The largest absolute Gasteiger partial charge is 0.491 e. The van der Waals surface area contributed by atoms with E-state index < -0.39 is 0 Å². The molecule has 1 heterocycles. The molecule has 4 nitrogen and oxygen atoms in total. The normalized spacial score (nSPS) is 20.5. The third-order valence-electron chi connectivity index (χ3n) is 4.57. The highest BCUT2D eigenvalue weighted by molar-refractivity contribution is 6.55. The molecule has 0 aromatic heterocycles. The van der Waals surface area contributed by atoms with Crippen LogP contribution < -0.4 is 11.1 Å². The van der Waals surface area contributed by atoms with Gasteiger partial charge in [0.25, 0.3) is 0 Å². The van der Waals surface area contributed by atoms with Gasteiger partial charge >= 0.3 is 7.12 Å². The molecule has 0 radical (unpaired) electrons. The maximum atomic E-state index is 6.16. The van der Waals surface area contributed by atoms with Crippen molar-refractivity contribution in [1.29, 1.82) is 0 Å². The Labute approximate surface area is 134 Å². The Morgan fingerprint density at radius 3 is 2.32 bits per heavy atom. The van der Waals surface area contributed by atoms with E-state index in [1.165, 1.54) is 0 Å². The minimum Gasteiger partial charge on any atom is -0.400 e. The molecule has 5 heteroatoms. The molecular formula is C17H27BN2O2. The van der Waals surface area contributed by atoms with Crippen LogP contribution in [0.1, 0.15) is 38.8 Å². The van der Waals surface area contributed by atoms with Crippen molar-refractivity contribution in [2.45, 2.75) is 45.8 Å². The quantitative estimate of drug-likeness (QED) is 0.663. The second-order valence-corrected chi connectivity index (χ2v) is 6.95. The molecule has 1 aromatic rings. The molecule has 0 aliphatic carbocycles. The van der Waals surface area contributed by atoms with Gasteiger partial charge in [0.05, 0.1) is 11.2 Å². The monoisotopic (exact) mass is 302 g/mol. The molecule has 3 N–H and O–H groups in total. The van der Waals surface area contributed by atoms with Gasteiger partial charge in [0.1, 0.15) is 0 Å². The van der Waals surface area contributed by atoms with Crippen LogP contribution in [0.2, 0.25) is 0 Å². The fourth-order valence-electron chi connectivity index (χ4n) is 2.46. The van der Waals surface area contributed by atoms with Crippen LogP contribution in [0.25, 0.3) is 6.08 Å². The van der Waals surface area contributed by atoms with Gasteiger partial charge in [0, 0.05) is 12.2 Å². The molecule has 0 amide bonds. The van der Waals surface area contributed by atoms with Crippen LogP contribution in [0.15, 0.2) is 23.7 Å². The summed E-state index contributed by atoms with van der Waals surface area (Å²) in [5.74, 6) is 0. The molecule has 0 unspecified atom stereocenters. The maximum Gasteiger partial charge on any atom is 0.491 e. The smallest absolute Gasteiger partial charge is 0.400 e. The van der Waals surface area contributed by atoms with Crippen LogP contribution in [-0.2, 0) is 9.31 Å². The summed E-state index contributed by atoms with van der Waals surface area (Å²) >= 11 is 0. The number of anilines is 1. The summed E-state index contributed by atoms with van der Waals surface area (Å²) in [5, 5.41) is 3.20. The first kappa shape index (κ1) is 17.1. The summed E-state index contributed by atoms with van der Waals surface area (Å²) in [6.45, 7) is 11.0. The Balaban J connectivity index is 2.33. The highest BCUT2D eigenvalue weighted by atomic mass is 16.7. The Kier molecular flexibility index (Phi) is 4.71. The number of benzene rings is 1. The van der Waals surface area contributed by atoms with E-state index in [2.05, 4.69) is 46.0 Å². The van der Waals surface area contributed by atoms with Crippen molar-refractivity contribution in [3.8, 4) is 0 Å². The Morgan fingerprint density at radius 2 is 1.82 bits per heavy atom. The van der Waals surface area contributed by atoms with Gasteiger partial charge < -0.3 is 20.4 Å². The summed E-state index contributed by atoms with van der Waals surface area (Å²) in [5.41, 5.74) is 9.30. The highest BCUT2D eigenvalue weighted by Gasteiger charge is 2.52. The average Bonchev–Trinajstić information content (AvgIpc) is 2.61. The van der Waals surface area contributed by atoms with E-state index in [1.807, 2.05) is 25.2 Å². The SMILES string of the molecule is CNCC(=Cc1ccc(N)cc1C)B1OC(C)(C)C(C)(C)O1. The molecule has 2 rings (SSSR count). The molecule has 1 aromatic carbocycles. The molecule has 1 aliphatic rings. The van der Waals surface area contributed by atoms with Gasteiger partial charge in [-0.05, 0) is 70.4 Å². The maximum absolute atomic E-state index is 6.16. The van der Waals surface area contributed by atoms with Crippen LogP contribution in [0.4, 0.5) is 5.69 Å². The van der Waals surface area contributed by atoms with Gasteiger partial charge in [-0.1, -0.05) is 12.1 Å². The van der Waals surface area contributed by atoms with Gasteiger partial charge in [-0.3, -0.25) is 0 Å². The number of nitrogen functional groups attached to an aromatic ring is 1. The second-order valence-electron chi connectivity index (χ2n) is 6.95. The van der Waals surface area contributed by atoms with Gasteiger partial charge in [0.2, 0.25) is 0 Å². The molecule has 22 heavy (non-hydrogen) atoms. The van der Waals surface area contributed by atoms with E-state index >= 15 is 0 Å². The summed E-state index contributed by atoms with van der Waals surface area (Å²) in [7, 11) is 1.59. The standard InChI is InChI=1S/C17H27BN2O2/c1-12-9-15(19)8-7-13(12)10-14(11-20-6)18-21-16(2,3)17(4,5)22-18/h7-10,20H,11,19H2,1-6H3. The van der Waals surface area contributed by atoms with E-state index in [-0.39, 0.29) is 18.3 Å². The van der Waals surface area contributed by atoms with Crippen molar-refractivity contribution in [2.75, 3.05) is 19.3 Å². The van der Waals surface area contributed by atoms with Crippen molar-refractivity contribution in [3.63, 3.8) is 0 Å². The minimum atomic E-state index is -0.339. The third-order valence-corrected chi connectivity index (χ3v) is 4.57. The Hall–Kier alpha value is -1.30. The molecule has 120 valence electrons. The Morgan fingerprint density at radius 1 is 1.23 bits per heavy atom. The van der Waals surface area contributed by atoms with E-state index in [4.69, 9.17) is 15.0 Å². The molecular weight excluding hydrogens is 275 g/mol. The van der Waals surface area contributed by atoms with Crippen molar-refractivity contribution >= 4 is 18.9 Å². The van der Waals surface area contributed by atoms with Gasteiger partial charge in [-0.25, -0.2) is 0 Å². The molecule has 1 saturated heterocycles. The number of hydrogen-bond acceptors (Lipinski definition) is 4. The molecule has 0 spiro atoms. The van der Waals surface area contributed by atoms with Gasteiger partial charge in [0.15, 0.2) is 0 Å². The van der Waals surface area contributed by atoms with E-state index in [1.54, 1.807) is 0 Å². The van der Waals surface area contributed by atoms with Crippen molar-refractivity contribution < 1.29 is 9.31 Å². The van der Waals surface area contributed by atoms with Crippen LogP contribution in [0, 0.1) is 6.92 Å². The first-order valence-electron chi connectivity index (χ1n) is 7.73. The zero-order valence-electron chi connectivity index (χ0n) is 14.5. The lowest BCUT2D eigenvalue weighted by molar-refractivity contribution is 0.00578. The zero-order valence-corrected chi connectivity index (χ0v) is 14.5. The van der Waals surface area contributed by atoms with Crippen molar-refractivity contribution in [2.24, 2.45) is 0 Å². The lowest BCUT2D eigenvalue weighted by Crippen LogP contribution is -2.41. The van der Waals surface area contributed by atoms with Crippen molar-refractivity contribution in [1.82, 2.24) is 5.32 Å². The third kappa shape index (κ3) is 3.37. The number of hydrogen-bond donors (Lipinski definition) is 2. The topological polar surface area (TPSA) is 56.5 Å². The lowest BCUT2D eigenvalue weighted by Gasteiger charge is -2.32. The molecule has 1 aliphatic heterocycles. The Bertz CT molecular complexity index is 566. The average molecular weight is 302 g/mol. The summed E-state index contributed by atoms with van der Waals surface area (Å²) in [6.07, 6.45) is 2.13. The van der Waals surface area contributed by atoms with Crippen LogP contribution in [0.3, 0.4) is 0 Å². The molecule has 0 bridgehead atoms. The van der Waals surface area contributed by atoms with Crippen LogP contribution in [-0.4, -0.2) is 31.9 Å². The number of rotatable bonds is 4. The second kappa shape index (κ2) is 6.07.